The van der Waals surface area contributed by atoms with Crippen molar-refractivity contribution in [2.24, 2.45) is 0 Å². The first kappa shape index (κ1) is 13.4. The summed E-state index contributed by atoms with van der Waals surface area (Å²) < 4.78 is 0. The highest BCUT2D eigenvalue weighted by atomic mass is 32.2. The van der Waals surface area contributed by atoms with Crippen LogP contribution in [0, 0.1) is 0 Å². The van der Waals surface area contributed by atoms with Gasteiger partial charge in [0.05, 0.1) is 6.04 Å². The molecule has 4 heteroatoms. The lowest BCUT2D eigenvalue weighted by molar-refractivity contribution is -0.122. The van der Waals surface area contributed by atoms with Crippen molar-refractivity contribution in [1.82, 2.24) is 10.6 Å². The van der Waals surface area contributed by atoms with Crippen LogP contribution in [-0.4, -0.2) is 30.3 Å². The van der Waals surface area contributed by atoms with Crippen LogP contribution < -0.4 is 10.6 Å². The summed E-state index contributed by atoms with van der Waals surface area (Å²) in [6.07, 6.45) is 2.28. The van der Waals surface area contributed by atoms with Gasteiger partial charge in [0.2, 0.25) is 5.91 Å². The van der Waals surface area contributed by atoms with Crippen LogP contribution in [0.4, 0.5) is 0 Å². The highest BCUT2D eigenvalue weighted by Crippen LogP contribution is 2.18. The number of benzene rings is 1. The van der Waals surface area contributed by atoms with Crippen molar-refractivity contribution >= 4 is 17.7 Å². The average molecular weight is 264 g/mol. The summed E-state index contributed by atoms with van der Waals surface area (Å²) in [5.41, 5.74) is 0. The van der Waals surface area contributed by atoms with E-state index in [1.807, 2.05) is 25.1 Å². The molecule has 0 heterocycles. The zero-order valence-corrected chi connectivity index (χ0v) is 11.5. The van der Waals surface area contributed by atoms with E-state index in [0.717, 1.165) is 25.1 Å². The molecule has 1 aliphatic carbocycles. The minimum atomic E-state index is -0.0954. The van der Waals surface area contributed by atoms with Gasteiger partial charge in [-0.1, -0.05) is 18.2 Å². The van der Waals surface area contributed by atoms with Crippen LogP contribution in [-0.2, 0) is 4.79 Å². The highest BCUT2D eigenvalue weighted by Gasteiger charge is 2.25. The minimum absolute atomic E-state index is 0.0954. The van der Waals surface area contributed by atoms with E-state index in [0.29, 0.717) is 6.04 Å². The Morgan fingerprint density at radius 1 is 1.39 bits per heavy atom. The third-order valence-corrected chi connectivity index (χ3v) is 3.90. The smallest absolute Gasteiger partial charge is 0.237 e. The van der Waals surface area contributed by atoms with Crippen LogP contribution in [0.1, 0.15) is 19.8 Å². The molecule has 2 N–H and O–H groups in total. The first-order chi connectivity index (χ1) is 8.75. The fourth-order valence-corrected chi connectivity index (χ4v) is 2.41. The Balaban J connectivity index is 1.58. The number of nitrogens with one attached hydrogen (secondary N) is 2. The summed E-state index contributed by atoms with van der Waals surface area (Å²) in [6, 6.07) is 10.7. The van der Waals surface area contributed by atoms with E-state index in [9.17, 15) is 4.79 Å². The Labute approximate surface area is 113 Å². The molecule has 1 aromatic rings. The molecule has 0 spiro atoms. The van der Waals surface area contributed by atoms with Gasteiger partial charge in [-0.15, -0.1) is 11.8 Å². The first-order valence-electron chi connectivity index (χ1n) is 6.47. The Bertz CT molecular complexity index is 379. The molecule has 2 rings (SSSR count). The number of hydrogen-bond acceptors (Lipinski definition) is 3. The van der Waals surface area contributed by atoms with E-state index in [-0.39, 0.29) is 11.9 Å². The van der Waals surface area contributed by atoms with Gasteiger partial charge in [0.1, 0.15) is 0 Å². The molecule has 1 atom stereocenters. The molecule has 0 aliphatic heterocycles. The summed E-state index contributed by atoms with van der Waals surface area (Å²) >= 11 is 1.81. The molecule has 0 aromatic heterocycles. The number of carbonyl (C=O) groups excluding carboxylic acids is 1. The Hall–Kier alpha value is -1.00. The molecule has 98 valence electrons. The predicted octanol–water partition coefficient (Wildman–Crippen LogP) is 2.04. The third-order valence-electron chi connectivity index (χ3n) is 2.88. The predicted molar refractivity (Wildman–Crippen MR) is 75.8 cm³/mol. The highest BCUT2D eigenvalue weighted by molar-refractivity contribution is 7.99. The van der Waals surface area contributed by atoms with Gasteiger partial charge in [-0.05, 0) is 31.9 Å². The SMILES string of the molecule is CC(NCCSc1ccccc1)C(=O)NC1CC1. The normalized spacial score (nSPS) is 16.3. The quantitative estimate of drug-likeness (QED) is 0.585. The lowest BCUT2D eigenvalue weighted by atomic mass is 10.3. The van der Waals surface area contributed by atoms with E-state index in [2.05, 4.69) is 22.8 Å². The standard InChI is InChI=1S/C14H20N2OS/c1-11(14(17)16-12-7-8-12)15-9-10-18-13-5-3-2-4-6-13/h2-6,11-12,15H,7-10H2,1H3,(H,16,17). The molecule has 1 saturated carbocycles. The lowest BCUT2D eigenvalue weighted by Crippen LogP contribution is -2.43. The maximum Gasteiger partial charge on any atom is 0.237 e. The Morgan fingerprint density at radius 2 is 2.11 bits per heavy atom. The molecule has 1 aromatic carbocycles. The molecule has 1 unspecified atom stereocenters. The summed E-state index contributed by atoms with van der Waals surface area (Å²) in [5, 5.41) is 6.26. The van der Waals surface area contributed by atoms with Crippen molar-refractivity contribution in [3.8, 4) is 0 Å². The van der Waals surface area contributed by atoms with Crippen molar-refractivity contribution in [2.75, 3.05) is 12.3 Å². The van der Waals surface area contributed by atoms with E-state index < -0.39 is 0 Å². The van der Waals surface area contributed by atoms with Gasteiger partial charge in [-0.25, -0.2) is 0 Å². The largest absolute Gasteiger partial charge is 0.352 e. The molecule has 0 radical (unpaired) electrons. The lowest BCUT2D eigenvalue weighted by Gasteiger charge is -2.13. The fourth-order valence-electron chi connectivity index (χ4n) is 1.61. The van der Waals surface area contributed by atoms with Gasteiger partial charge in [0.25, 0.3) is 0 Å². The average Bonchev–Trinajstić information content (AvgIpc) is 3.19. The van der Waals surface area contributed by atoms with Crippen LogP contribution in [0.3, 0.4) is 0 Å². The van der Waals surface area contributed by atoms with Crippen molar-refractivity contribution in [2.45, 2.75) is 36.7 Å². The molecule has 1 amide bonds. The maximum atomic E-state index is 11.7. The van der Waals surface area contributed by atoms with Crippen LogP contribution in [0.2, 0.25) is 0 Å². The van der Waals surface area contributed by atoms with Crippen LogP contribution in [0.5, 0.6) is 0 Å². The van der Waals surface area contributed by atoms with Crippen molar-refractivity contribution in [3.63, 3.8) is 0 Å². The molecule has 0 saturated heterocycles. The number of amides is 1. The maximum absolute atomic E-state index is 11.7. The Morgan fingerprint density at radius 3 is 2.78 bits per heavy atom. The second-order valence-corrected chi connectivity index (χ2v) is 5.79. The van der Waals surface area contributed by atoms with Gasteiger partial charge < -0.3 is 10.6 Å². The van der Waals surface area contributed by atoms with E-state index >= 15 is 0 Å². The van der Waals surface area contributed by atoms with Crippen molar-refractivity contribution < 1.29 is 4.79 Å². The van der Waals surface area contributed by atoms with Crippen LogP contribution >= 0.6 is 11.8 Å². The van der Waals surface area contributed by atoms with Gasteiger partial charge >= 0.3 is 0 Å². The summed E-state index contributed by atoms with van der Waals surface area (Å²) in [6.45, 7) is 2.77. The fraction of sp³-hybridized carbons (Fsp3) is 0.500. The van der Waals surface area contributed by atoms with Gasteiger partial charge in [0.15, 0.2) is 0 Å². The van der Waals surface area contributed by atoms with Crippen molar-refractivity contribution in [1.29, 1.82) is 0 Å². The van der Waals surface area contributed by atoms with Gasteiger partial charge in [-0.2, -0.15) is 0 Å². The van der Waals surface area contributed by atoms with Crippen molar-refractivity contribution in [3.05, 3.63) is 30.3 Å². The molecule has 0 bridgehead atoms. The number of rotatable bonds is 7. The second-order valence-electron chi connectivity index (χ2n) is 4.62. The topological polar surface area (TPSA) is 41.1 Å². The monoisotopic (exact) mass is 264 g/mol. The summed E-state index contributed by atoms with van der Waals surface area (Å²) in [5.74, 6) is 1.10. The molecular weight excluding hydrogens is 244 g/mol. The van der Waals surface area contributed by atoms with Crippen LogP contribution in [0.15, 0.2) is 35.2 Å². The first-order valence-corrected chi connectivity index (χ1v) is 7.46. The molecule has 3 nitrogen and oxygen atoms in total. The van der Waals surface area contributed by atoms with E-state index in [1.165, 1.54) is 4.90 Å². The molecule has 1 fully saturated rings. The number of carbonyl (C=O) groups is 1. The zero-order chi connectivity index (χ0) is 12.8. The van der Waals surface area contributed by atoms with E-state index in [4.69, 9.17) is 0 Å². The van der Waals surface area contributed by atoms with Gasteiger partial charge in [0, 0.05) is 23.2 Å². The summed E-state index contributed by atoms with van der Waals surface area (Å²) in [7, 11) is 0. The van der Waals surface area contributed by atoms with Gasteiger partial charge in [-0.3, -0.25) is 4.79 Å². The van der Waals surface area contributed by atoms with Crippen LogP contribution in [0.25, 0.3) is 0 Å². The zero-order valence-electron chi connectivity index (χ0n) is 10.7. The molecule has 1 aliphatic rings. The summed E-state index contributed by atoms with van der Waals surface area (Å²) in [4.78, 5) is 12.9. The number of thioether (sulfide) groups is 1. The molecular formula is C14H20N2OS. The minimum Gasteiger partial charge on any atom is -0.352 e. The molecule has 18 heavy (non-hydrogen) atoms. The van der Waals surface area contributed by atoms with E-state index in [1.54, 1.807) is 11.8 Å². The number of hydrogen-bond donors (Lipinski definition) is 2. The second kappa shape index (κ2) is 6.81. The third kappa shape index (κ3) is 4.70. The Kier molecular flexibility index (Phi) is 5.08.